The van der Waals surface area contributed by atoms with Gasteiger partial charge < -0.3 is 9.64 Å². The van der Waals surface area contributed by atoms with Gasteiger partial charge in [0.05, 0.1) is 11.6 Å². The number of ether oxygens (including phenoxy) is 1. The number of nitrogens with zero attached hydrogens (tertiary/aromatic N) is 2. The molecule has 0 saturated carbocycles. The van der Waals surface area contributed by atoms with Crippen LogP contribution in [0.2, 0.25) is 0 Å². The first kappa shape index (κ1) is 18.4. The third-order valence-corrected chi connectivity index (χ3v) is 5.64. The van der Waals surface area contributed by atoms with Gasteiger partial charge in [0.25, 0.3) is 0 Å². The predicted molar refractivity (Wildman–Crippen MR) is 107 cm³/mol. The van der Waals surface area contributed by atoms with Gasteiger partial charge in [0.2, 0.25) is 5.91 Å². The van der Waals surface area contributed by atoms with E-state index in [9.17, 15) is 9.59 Å². The standard InChI is InChI=1S/C22H20N2O3S/c25-20-11-18(13-24(20)12-16-7-3-1-4-8-16)22(26)27-14-19-15-28-21(23-19)17-9-5-2-6-10-17/h1-10,15,18H,11-14H2/t18-/m0/s1. The number of benzene rings is 2. The molecule has 1 aromatic heterocycles. The number of amides is 1. The average molecular weight is 392 g/mol. The van der Waals surface area contributed by atoms with E-state index < -0.39 is 5.92 Å². The minimum absolute atomic E-state index is 0.00850. The molecule has 0 spiro atoms. The van der Waals surface area contributed by atoms with Crippen LogP contribution in [0.25, 0.3) is 10.6 Å². The normalized spacial score (nSPS) is 16.4. The number of carbonyl (C=O) groups is 2. The second-order valence-corrected chi connectivity index (χ2v) is 7.64. The van der Waals surface area contributed by atoms with Crippen molar-refractivity contribution in [3.63, 3.8) is 0 Å². The minimum atomic E-state index is -0.413. The quantitative estimate of drug-likeness (QED) is 0.597. The van der Waals surface area contributed by atoms with E-state index in [0.717, 1.165) is 21.8 Å². The Kier molecular flexibility index (Phi) is 5.48. The summed E-state index contributed by atoms with van der Waals surface area (Å²) < 4.78 is 5.43. The van der Waals surface area contributed by atoms with Crippen LogP contribution in [0.4, 0.5) is 0 Å². The number of hydrogen-bond donors (Lipinski definition) is 0. The molecule has 1 aliphatic rings. The first-order valence-electron chi connectivity index (χ1n) is 9.17. The van der Waals surface area contributed by atoms with Crippen molar-refractivity contribution in [1.82, 2.24) is 9.88 Å². The van der Waals surface area contributed by atoms with Crippen molar-refractivity contribution in [1.29, 1.82) is 0 Å². The van der Waals surface area contributed by atoms with Crippen LogP contribution in [0.5, 0.6) is 0 Å². The van der Waals surface area contributed by atoms with E-state index >= 15 is 0 Å². The summed E-state index contributed by atoms with van der Waals surface area (Å²) in [6.45, 7) is 1.06. The molecule has 0 unspecified atom stereocenters. The van der Waals surface area contributed by atoms with Crippen LogP contribution in [0.1, 0.15) is 17.7 Å². The molecule has 0 aliphatic carbocycles. The molecule has 1 saturated heterocycles. The van der Waals surface area contributed by atoms with E-state index in [1.807, 2.05) is 66.0 Å². The highest BCUT2D eigenvalue weighted by molar-refractivity contribution is 7.13. The summed E-state index contributed by atoms with van der Waals surface area (Å²) in [5.74, 6) is -0.757. The molecule has 1 aliphatic heterocycles. The Morgan fingerprint density at radius 2 is 1.82 bits per heavy atom. The van der Waals surface area contributed by atoms with Gasteiger partial charge >= 0.3 is 5.97 Å². The van der Waals surface area contributed by atoms with E-state index in [-0.39, 0.29) is 24.9 Å². The van der Waals surface area contributed by atoms with Gasteiger partial charge in [-0.25, -0.2) is 4.98 Å². The van der Waals surface area contributed by atoms with Crippen LogP contribution in [0, 0.1) is 5.92 Å². The number of likely N-dealkylation sites (tertiary alicyclic amines) is 1. The maximum atomic E-state index is 12.4. The number of aromatic nitrogens is 1. The zero-order valence-corrected chi connectivity index (χ0v) is 16.1. The Balaban J connectivity index is 1.31. The Bertz CT molecular complexity index is 956. The molecule has 1 atom stereocenters. The highest BCUT2D eigenvalue weighted by atomic mass is 32.1. The molecule has 1 fully saturated rings. The maximum Gasteiger partial charge on any atom is 0.311 e. The van der Waals surface area contributed by atoms with Crippen molar-refractivity contribution in [2.75, 3.05) is 6.54 Å². The predicted octanol–water partition coefficient (Wildman–Crippen LogP) is 3.90. The zero-order valence-electron chi connectivity index (χ0n) is 15.3. The number of esters is 1. The summed E-state index contributed by atoms with van der Waals surface area (Å²) in [7, 11) is 0. The fourth-order valence-electron chi connectivity index (χ4n) is 3.24. The molecule has 2 heterocycles. The molecular weight excluding hydrogens is 372 g/mol. The van der Waals surface area contributed by atoms with Crippen molar-refractivity contribution < 1.29 is 14.3 Å². The van der Waals surface area contributed by atoms with E-state index in [2.05, 4.69) is 4.98 Å². The van der Waals surface area contributed by atoms with Gasteiger partial charge in [-0.05, 0) is 5.56 Å². The van der Waals surface area contributed by atoms with Crippen LogP contribution in [0.3, 0.4) is 0 Å². The number of thiazole rings is 1. The van der Waals surface area contributed by atoms with Gasteiger partial charge in [-0.3, -0.25) is 9.59 Å². The summed E-state index contributed by atoms with van der Waals surface area (Å²) in [4.78, 5) is 30.9. The van der Waals surface area contributed by atoms with E-state index in [4.69, 9.17) is 4.74 Å². The molecule has 1 amide bonds. The molecule has 142 valence electrons. The molecule has 28 heavy (non-hydrogen) atoms. The van der Waals surface area contributed by atoms with Crippen molar-refractivity contribution in [2.24, 2.45) is 5.92 Å². The molecule has 2 aromatic carbocycles. The fourth-order valence-corrected chi connectivity index (χ4v) is 4.05. The number of hydrogen-bond acceptors (Lipinski definition) is 5. The van der Waals surface area contributed by atoms with Crippen LogP contribution in [-0.4, -0.2) is 28.3 Å². The Morgan fingerprint density at radius 1 is 1.11 bits per heavy atom. The van der Waals surface area contributed by atoms with E-state index in [0.29, 0.717) is 13.1 Å². The van der Waals surface area contributed by atoms with Gasteiger partial charge in [-0.15, -0.1) is 11.3 Å². The van der Waals surface area contributed by atoms with Gasteiger partial charge in [-0.1, -0.05) is 60.7 Å². The highest BCUT2D eigenvalue weighted by Gasteiger charge is 2.35. The maximum absolute atomic E-state index is 12.4. The summed E-state index contributed by atoms with van der Waals surface area (Å²) in [5, 5.41) is 2.80. The Morgan fingerprint density at radius 3 is 2.57 bits per heavy atom. The first-order valence-corrected chi connectivity index (χ1v) is 10.0. The minimum Gasteiger partial charge on any atom is -0.459 e. The summed E-state index contributed by atoms with van der Waals surface area (Å²) in [5.41, 5.74) is 2.83. The van der Waals surface area contributed by atoms with Crippen LogP contribution >= 0.6 is 11.3 Å². The molecule has 4 rings (SSSR count). The molecule has 5 nitrogen and oxygen atoms in total. The van der Waals surface area contributed by atoms with Crippen molar-refractivity contribution in [2.45, 2.75) is 19.6 Å². The lowest BCUT2D eigenvalue weighted by molar-refractivity contribution is -0.149. The first-order chi connectivity index (χ1) is 13.7. The summed E-state index contributed by atoms with van der Waals surface area (Å²) in [6.07, 6.45) is 0.206. The highest BCUT2D eigenvalue weighted by Crippen LogP contribution is 2.25. The average Bonchev–Trinajstić information content (AvgIpc) is 3.35. The van der Waals surface area contributed by atoms with Crippen molar-refractivity contribution in [3.8, 4) is 10.6 Å². The van der Waals surface area contributed by atoms with Gasteiger partial charge in [0, 0.05) is 30.5 Å². The van der Waals surface area contributed by atoms with Gasteiger partial charge in [-0.2, -0.15) is 0 Å². The van der Waals surface area contributed by atoms with Gasteiger partial charge in [0.1, 0.15) is 11.6 Å². The van der Waals surface area contributed by atoms with E-state index in [1.54, 1.807) is 4.90 Å². The lowest BCUT2D eigenvalue weighted by Gasteiger charge is -2.16. The molecular formula is C22H20N2O3S. The Hall–Kier alpha value is -2.99. The third kappa shape index (κ3) is 4.28. The van der Waals surface area contributed by atoms with Gasteiger partial charge in [0.15, 0.2) is 0 Å². The fraction of sp³-hybridized carbons (Fsp3) is 0.227. The molecule has 0 radical (unpaired) electrons. The lowest BCUT2D eigenvalue weighted by atomic mass is 10.1. The number of carbonyl (C=O) groups excluding carboxylic acids is 2. The van der Waals surface area contributed by atoms with Crippen LogP contribution in [0.15, 0.2) is 66.0 Å². The molecule has 6 heteroatoms. The largest absolute Gasteiger partial charge is 0.459 e. The van der Waals surface area contributed by atoms with Crippen LogP contribution < -0.4 is 0 Å². The molecule has 0 bridgehead atoms. The molecule has 0 N–H and O–H groups in total. The third-order valence-electron chi connectivity index (χ3n) is 4.70. The zero-order chi connectivity index (χ0) is 19.3. The van der Waals surface area contributed by atoms with E-state index in [1.165, 1.54) is 11.3 Å². The van der Waals surface area contributed by atoms with Crippen molar-refractivity contribution >= 4 is 23.2 Å². The second kappa shape index (κ2) is 8.35. The second-order valence-electron chi connectivity index (χ2n) is 6.78. The SMILES string of the molecule is O=C(OCc1csc(-c2ccccc2)n1)[C@H]1CC(=O)N(Cc2ccccc2)C1. The van der Waals surface area contributed by atoms with Crippen LogP contribution in [-0.2, 0) is 27.5 Å². The van der Waals surface area contributed by atoms with Crippen molar-refractivity contribution in [3.05, 3.63) is 77.3 Å². The lowest BCUT2D eigenvalue weighted by Crippen LogP contribution is -2.26. The number of rotatable bonds is 6. The molecule has 3 aromatic rings. The smallest absolute Gasteiger partial charge is 0.311 e. The summed E-state index contributed by atoms with van der Waals surface area (Å²) in [6, 6.07) is 19.7. The summed E-state index contributed by atoms with van der Waals surface area (Å²) >= 11 is 1.52. The topological polar surface area (TPSA) is 59.5 Å². The Labute approximate surface area is 167 Å². The monoisotopic (exact) mass is 392 g/mol.